The van der Waals surface area contributed by atoms with Crippen molar-refractivity contribution in [2.24, 2.45) is 24.8 Å². The predicted molar refractivity (Wildman–Crippen MR) is 151 cm³/mol. The number of anilines is 1. The molecule has 0 unspecified atom stereocenters. The van der Waals surface area contributed by atoms with E-state index in [1.54, 1.807) is 41.0 Å². The summed E-state index contributed by atoms with van der Waals surface area (Å²) in [4.78, 5) is 23.7. The number of nitrogens with one attached hydrogen (secondary N) is 1. The number of piperidine rings is 1. The molecule has 41 heavy (non-hydrogen) atoms. The smallest absolute Gasteiger partial charge is 0.252 e. The van der Waals surface area contributed by atoms with E-state index in [0.29, 0.717) is 41.2 Å². The highest BCUT2D eigenvalue weighted by Crippen LogP contribution is 2.52. The number of fused-ring (bicyclic) bond motifs is 2. The lowest BCUT2D eigenvalue weighted by Gasteiger charge is -2.21. The standard InChI is InChI=1S/C30H27N9O2/c1-37-14-22(11-35-37)20-6-24(29-21(7-31)10-36-39(29)15-20)18-3-4-28(33-9-18)38-16-26-25(27(26)17-38)13-34-30(40)19-5-23(41-2)12-32-8-19/h3-6,8-12,14-15,25-27H,13,16-17H2,1-2H3,(H,34,40)/t25-,26-,27+. The van der Waals surface area contributed by atoms with Gasteiger partial charge in [0.1, 0.15) is 17.6 Å². The van der Waals surface area contributed by atoms with Crippen LogP contribution in [0.5, 0.6) is 5.75 Å². The molecule has 0 radical (unpaired) electrons. The van der Waals surface area contributed by atoms with Crippen LogP contribution in [-0.4, -0.2) is 62.0 Å². The number of nitrogens with zero attached hydrogens (tertiary/aromatic N) is 8. The third-order valence-corrected chi connectivity index (χ3v) is 8.23. The summed E-state index contributed by atoms with van der Waals surface area (Å²) in [5.41, 5.74) is 5.51. The predicted octanol–water partition coefficient (Wildman–Crippen LogP) is 3.18. The molecule has 204 valence electrons. The Kier molecular flexibility index (Phi) is 5.89. The lowest BCUT2D eigenvalue weighted by atomic mass is 10.0. The van der Waals surface area contributed by atoms with Gasteiger partial charge in [0.15, 0.2) is 0 Å². The molecule has 1 saturated carbocycles. The summed E-state index contributed by atoms with van der Waals surface area (Å²) in [6, 6.07) is 10.1. The number of pyridine rings is 3. The quantitative estimate of drug-likeness (QED) is 0.331. The minimum Gasteiger partial charge on any atom is -0.495 e. The van der Waals surface area contributed by atoms with Crippen LogP contribution < -0.4 is 15.0 Å². The van der Waals surface area contributed by atoms with Crippen molar-refractivity contribution >= 4 is 17.2 Å². The zero-order valence-electron chi connectivity index (χ0n) is 22.6. The maximum atomic E-state index is 12.6. The molecule has 1 aliphatic carbocycles. The van der Waals surface area contributed by atoms with E-state index in [9.17, 15) is 10.1 Å². The third kappa shape index (κ3) is 4.43. The van der Waals surface area contributed by atoms with Crippen molar-refractivity contribution in [2.75, 3.05) is 31.6 Å². The van der Waals surface area contributed by atoms with Crippen LogP contribution in [0.25, 0.3) is 27.8 Å². The molecule has 2 fully saturated rings. The van der Waals surface area contributed by atoms with Gasteiger partial charge in [-0.05, 0) is 42.0 Å². The van der Waals surface area contributed by atoms with Crippen LogP contribution in [0.3, 0.4) is 0 Å². The number of nitriles is 1. The summed E-state index contributed by atoms with van der Waals surface area (Å²) in [7, 11) is 3.44. The second kappa shape index (κ2) is 9.75. The van der Waals surface area contributed by atoms with Crippen LogP contribution in [0, 0.1) is 29.1 Å². The Balaban J connectivity index is 1.04. The number of methoxy groups -OCH3 is 1. The Morgan fingerprint density at radius 2 is 1.90 bits per heavy atom. The Morgan fingerprint density at radius 3 is 2.61 bits per heavy atom. The molecule has 1 amide bonds. The fourth-order valence-corrected chi connectivity index (χ4v) is 5.99. The van der Waals surface area contributed by atoms with Crippen molar-refractivity contribution in [3.05, 3.63) is 78.8 Å². The lowest BCUT2D eigenvalue weighted by Crippen LogP contribution is -2.31. The molecule has 11 heteroatoms. The zero-order chi connectivity index (χ0) is 28.1. The van der Waals surface area contributed by atoms with Gasteiger partial charge < -0.3 is 15.0 Å². The number of amides is 1. The summed E-state index contributed by atoms with van der Waals surface area (Å²) >= 11 is 0. The first kappa shape index (κ1) is 24.8. The number of aromatic nitrogens is 6. The number of hydrogen-bond donors (Lipinski definition) is 1. The third-order valence-electron chi connectivity index (χ3n) is 8.23. The molecule has 0 aromatic carbocycles. The first-order valence-corrected chi connectivity index (χ1v) is 13.4. The van der Waals surface area contributed by atoms with E-state index < -0.39 is 0 Å². The van der Waals surface area contributed by atoms with Crippen LogP contribution in [0.4, 0.5) is 5.82 Å². The van der Waals surface area contributed by atoms with Crippen molar-refractivity contribution in [3.63, 3.8) is 0 Å². The molecule has 1 aliphatic heterocycles. The van der Waals surface area contributed by atoms with Crippen molar-refractivity contribution in [1.29, 1.82) is 5.26 Å². The maximum Gasteiger partial charge on any atom is 0.252 e. The van der Waals surface area contributed by atoms with E-state index in [-0.39, 0.29) is 5.91 Å². The average Bonchev–Trinajstić information content (AvgIpc) is 3.44. The Morgan fingerprint density at radius 1 is 1.05 bits per heavy atom. The number of aryl methyl sites for hydroxylation is 1. The highest BCUT2D eigenvalue weighted by molar-refractivity contribution is 5.94. The molecule has 3 atom stereocenters. The Labute approximate surface area is 236 Å². The second-order valence-electron chi connectivity index (χ2n) is 10.6. The lowest BCUT2D eigenvalue weighted by molar-refractivity contribution is 0.0950. The minimum atomic E-state index is -0.130. The van der Waals surface area contributed by atoms with Gasteiger partial charge >= 0.3 is 0 Å². The molecule has 11 nitrogen and oxygen atoms in total. The fraction of sp³-hybridized carbons (Fsp3) is 0.267. The SMILES string of the molecule is COc1cncc(C(=O)NC[C@@H]2[C@H]3CN(c4ccc(-c5cc(-c6cnn(C)c6)cn6ncc(C#N)c56)cn4)C[C@@H]23)c1. The summed E-state index contributed by atoms with van der Waals surface area (Å²) in [6.07, 6.45) is 12.3. The molecule has 5 aromatic rings. The molecule has 6 heterocycles. The summed E-state index contributed by atoms with van der Waals surface area (Å²) in [6.45, 7) is 2.49. The first-order chi connectivity index (χ1) is 20.0. The van der Waals surface area contributed by atoms with E-state index in [1.165, 1.54) is 0 Å². The number of carbonyl (C=O) groups is 1. The molecule has 5 aromatic heterocycles. The van der Waals surface area contributed by atoms with Crippen molar-refractivity contribution in [1.82, 2.24) is 34.7 Å². The normalized spacial score (nSPS) is 19.1. The average molecular weight is 546 g/mol. The van der Waals surface area contributed by atoms with Gasteiger partial charge in [-0.15, -0.1) is 0 Å². The van der Waals surface area contributed by atoms with Crippen LogP contribution in [0.2, 0.25) is 0 Å². The molecule has 2 aliphatic rings. The van der Waals surface area contributed by atoms with E-state index in [2.05, 4.69) is 43.6 Å². The zero-order valence-corrected chi connectivity index (χ0v) is 22.6. The largest absolute Gasteiger partial charge is 0.495 e. The number of carbonyl (C=O) groups excluding carboxylic acids is 1. The molecule has 1 N–H and O–H groups in total. The van der Waals surface area contributed by atoms with Gasteiger partial charge in [-0.1, -0.05) is 0 Å². The van der Waals surface area contributed by atoms with Crippen LogP contribution in [0.15, 0.2) is 67.6 Å². The second-order valence-corrected chi connectivity index (χ2v) is 10.6. The van der Waals surface area contributed by atoms with Crippen LogP contribution in [0.1, 0.15) is 15.9 Å². The van der Waals surface area contributed by atoms with Gasteiger partial charge in [-0.3, -0.25) is 14.5 Å². The van der Waals surface area contributed by atoms with Crippen molar-refractivity contribution < 1.29 is 9.53 Å². The monoisotopic (exact) mass is 545 g/mol. The highest BCUT2D eigenvalue weighted by atomic mass is 16.5. The van der Waals surface area contributed by atoms with E-state index in [1.807, 2.05) is 37.9 Å². The van der Waals surface area contributed by atoms with Crippen LogP contribution in [-0.2, 0) is 7.05 Å². The highest BCUT2D eigenvalue weighted by Gasteiger charge is 2.55. The molecule has 7 rings (SSSR count). The molecule has 0 bridgehead atoms. The molecular formula is C30H27N9O2. The van der Waals surface area contributed by atoms with Gasteiger partial charge in [0.2, 0.25) is 0 Å². The van der Waals surface area contributed by atoms with Crippen molar-refractivity contribution in [2.45, 2.75) is 0 Å². The van der Waals surface area contributed by atoms with Gasteiger partial charge in [0.25, 0.3) is 5.91 Å². The number of rotatable bonds is 7. The van der Waals surface area contributed by atoms with Gasteiger partial charge in [0.05, 0.1) is 42.3 Å². The summed E-state index contributed by atoms with van der Waals surface area (Å²) in [5.74, 6) is 2.93. The van der Waals surface area contributed by atoms with Gasteiger partial charge in [-0.25, -0.2) is 9.50 Å². The Hall–Kier alpha value is -5.24. The summed E-state index contributed by atoms with van der Waals surface area (Å²) < 4.78 is 8.68. The topological polar surface area (TPSA) is 126 Å². The molecular weight excluding hydrogens is 518 g/mol. The minimum absolute atomic E-state index is 0.130. The van der Waals surface area contributed by atoms with E-state index in [0.717, 1.165) is 46.7 Å². The van der Waals surface area contributed by atoms with E-state index in [4.69, 9.17) is 9.72 Å². The fourth-order valence-electron chi connectivity index (χ4n) is 5.99. The Bertz CT molecular complexity index is 1810. The number of hydrogen-bond acceptors (Lipinski definition) is 8. The summed E-state index contributed by atoms with van der Waals surface area (Å²) in [5, 5.41) is 21.5. The molecule has 0 spiro atoms. The number of ether oxygens (including phenoxy) is 1. The maximum absolute atomic E-state index is 12.6. The van der Waals surface area contributed by atoms with Gasteiger partial charge in [0, 0.05) is 73.7 Å². The van der Waals surface area contributed by atoms with Crippen molar-refractivity contribution in [3.8, 4) is 34.1 Å². The van der Waals surface area contributed by atoms with Crippen LogP contribution >= 0.6 is 0 Å². The van der Waals surface area contributed by atoms with E-state index >= 15 is 0 Å². The molecule has 1 saturated heterocycles. The first-order valence-electron chi connectivity index (χ1n) is 13.4. The van der Waals surface area contributed by atoms with Gasteiger partial charge in [-0.2, -0.15) is 15.5 Å².